The van der Waals surface area contributed by atoms with Gasteiger partial charge in [0.2, 0.25) is 17.7 Å². The first-order valence-electron chi connectivity index (χ1n) is 11.3. The number of nitrogens with zero attached hydrogens (tertiary/aromatic N) is 2. The second-order valence-electron chi connectivity index (χ2n) is 8.44. The second-order valence-corrected chi connectivity index (χ2v) is 8.44. The topological polar surface area (TPSA) is 91.4 Å². The Morgan fingerprint density at radius 3 is 2.47 bits per heavy atom. The van der Waals surface area contributed by atoms with Crippen molar-refractivity contribution in [2.75, 3.05) is 16.8 Å². The molecule has 1 aromatic carbocycles. The number of aryl methyl sites for hydroxylation is 2. The highest BCUT2D eigenvalue weighted by Crippen LogP contribution is 2.23. The van der Waals surface area contributed by atoms with Crippen LogP contribution in [0.4, 0.5) is 11.5 Å². The Hall–Kier alpha value is -3.22. The molecule has 0 bridgehead atoms. The lowest BCUT2D eigenvalue weighted by Gasteiger charge is -2.27. The van der Waals surface area contributed by atoms with Crippen LogP contribution in [-0.2, 0) is 14.4 Å². The summed E-state index contributed by atoms with van der Waals surface area (Å²) >= 11 is 0. The molecule has 0 aliphatic heterocycles. The fourth-order valence-electron chi connectivity index (χ4n) is 4.08. The molecule has 3 amide bonds. The molecule has 170 valence electrons. The zero-order valence-electron chi connectivity index (χ0n) is 18.9. The van der Waals surface area contributed by atoms with Crippen molar-refractivity contribution >= 4 is 29.2 Å². The summed E-state index contributed by atoms with van der Waals surface area (Å²) < 4.78 is 0. The van der Waals surface area contributed by atoms with E-state index in [2.05, 4.69) is 15.6 Å². The molecule has 0 atom stereocenters. The summed E-state index contributed by atoms with van der Waals surface area (Å²) in [5.74, 6) is -0.262. The molecule has 0 unspecified atom stereocenters. The summed E-state index contributed by atoms with van der Waals surface area (Å²) in [6, 6.07) is 11.2. The number of anilines is 2. The van der Waals surface area contributed by atoms with Crippen LogP contribution in [-0.4, -0.2) is 35.3 Å². The summed E-state index contributed by atoms with van der Waals surface area (Å²) in [7, 11) is 0. The van der Waals surface area contributed by atoms with Gasteiger partial charge in [-0.25, -0.2) is 4.98 Å². The molecule has 1 heterocycles. The fraction of sp³-hybridized carbons (Fsp3) is 0.440. The normalized spacial score (nSPS) is 13.9. The van der Waals surface area contributed by atoms with Gasteiger partial charge in [-0.3, -0.25) is 14.4 Å². The van der Waals surface area contributed by atoms with Crippen molar-refractivity contribution in [2.45, 2.75) is 64.8 Å². The highest BCUT2D eigenvalue weighted by atomic mass is 16.2. The molecule has 1 saturated carbocycles. The Morgan fingerprint density at radius 2 is 1.78 bits per heavy atom. The Labute approximate surface area is 189 Å². The zero-order chi connectivity index (χ0) is 22.9. The van der Waals surface area contributed by atoms with Gasteiger partial charge in [-0.2, -0.15) is 0 Å². The number of hydrogen-bond donors (Lipinski definition) is 2. The summed E-state index contributed by atoms with van der Waals surface area (Å²) in [6.07, 6.45) is 7.03. The number of benzene rings is 1. The van der Waals surface area contributed by atoms with Crippen molar-refractivity contribution in [1.29, 1.82) is 0 Å². The number of rotatable bonds is 8. The van der Waals surface area contributed by atoms with E-state index >= 15 is 0 Å². The van der Waals surface area contributed by atoms with Crippen LogP contribution in [0.5, 0.6) is 0 Å². The van der Waals surface area contributed by atoms with Crippen LogP contribution < -0.4 is 15.5 Å². The first-order valence-corrected chi connectivity index (χ1v) is 11.3. The lowest BCUT2D eigenvalue weighted by Crippen LogP contribution is -2.45. The average Bonchev–Trinajstić information content (AvgIpc) is 2.78. The maximum atomic E-state index is 13.1. The maximum absolute atomic E-state index is 13.1. The van der Waals surface area contributed by atoms with E-state index in [9.17, 15) is 14.4 Å². The quantitative estimate of drug-likeness (QED) is 0.657. The van der Waals surface area contributed by atoms with Crippen molar-refractivity contribution in [1.82, 2.24) is 10.3 Å². The monoisotopic (exact) mass is 436 g/mol. The minimum atomic E-state index is -0.288. The van der Waals surface area contributed by atoms with E-state index in [0.29, 0.717) is 11.5 Å². The third-order valence-electron chi connectivity index (χ3n) is 5.71. The zero-order valence-corrected chi connectivity index (χ0v) is 18.9. The number of hydrogen-bond acceptors (Lipinski definition) is 4. The molecule has 32 heavy (non-hydrogen) atoms. The van der Waals surface area contributed by atoms with Crippen LogP contribution in [0.3, 0.4) is 0 Å². The molecule has 2 aromatic rings. The molecule has 0 radical (unpaired) electrons. The van der Waals surface area contributed by atoms with Gasteiger partial charge in [0.1, 0.15) is 12.4 Å². The number of nitrogens with one attached hydrogen (secondary N) is 2. The first-order chi connectivity index (χ1) is 15.4. The molecule has 3 rings (SSSR count). The van der Waals surface area contributed by atoms with Crippen LogP contribution >= 0.6 is 0 Å². The highest BCUT2D eigenvalue weighted by molar-refractivity contribution is 6.01. The Balaban J connectivity index is 1.66. The standard InChI is InChI=1S/C25H32N4O3/c1-18-11-12-21(19(2)16-18)29(17-24(31)27-20-8-4-3-5-9-20)25(32)14-13-23(30)28-22-10-6-7-15-26-22/h6-7,10-12,15-16,20H,3-5,8-9,13-14,17H2,1-2H3,(H,27,31)(H,26,28,30). The number of aromatic nitrogens is 1. The number of amides is 3. The van der Waals surface area contributed by atoms with Gasteiger partial charge in [0, 0.05) is 30.8 Å². The lowest BCUT2D eigenvalue weighted by molar-refractivity contribution is -0.125. The largest absolute Gasteiger partial charge is 0.352 e. The third kappa shape index (κ3) is 6.90. The molecular formula is C25H32N4O3. The SMILES string of the molecule is Cc1ccc(N(CC(=O)NC2CCCCC2)C(=O)CCC(=O)Nc2ccccn2)c(C)c1. The maximum Gasteiger partial charge on any atom is 0.240 e. The summed E-state index contributed by atoms with van der Waals surface area (Å²) in [5, 5.41) is 5.77. The summed E-state index contributed by atoms with van der Waals surface area (Å²) in [5.41, 5.74) is 2.70. The van der Waals surface area contributed by atoms with Gasteiger partial charge in [0.15, 0.2) is 0 Å². The molecule has 1 fully saturated rings. The molecular weight excluding hydrogens is 404 g/mol. The first kappa shape index (κ1) is 23.4. The van der Waals surface area contributed by atoms with Crippen LogP contribution in [0, 0.1) is 13.8 Å². The van der Waals surface area contributed by atoms with Crippen LogP contribution in [0.2, 0.25) is 0 Å². The van der Waals surface area contributed by atoms with Gasteiger partial charge < -0.3 is 15.5 Å². The predicted octanol–water partition coefficient (Wildman–Crippen LogP) is 3.90. The Morgan fingerprint density at radius 1 is 1.00 bits per heavy atom. The summed E-state index contributed by atoms with van der Waals surface area (Å²) in [6.45, 7) is 3.86. The molecule has 7 heteroatoms. The number of carbonyl (C=O) groups is 3. The number of carbonyl (C=O) groups excluding carboxylic acids is 3. The van der Waals surface area contributed by atoms with Gasteiger partial charge in [0.25, 0.3) is 0 Å². The Bertz CT molecular complexity index is 939. The summed E-state index contributed by atoms with van der Waals surface area (Å²) in [4.78, 5) is 43.7. The van der Waals surface area contributed by atoms with Gasteiger partial charge in [-0.15, -0.1) is 0 Å². The minimum Gasteiger partial charge on any atom is -0.352 e. The van der Waals surface area contributed by atoms with E-state index < -0.39 is 0 Å². The molecule has 1 aliphatic carbocycles. The molecule has 7 nitrogen and oxygen atoms in total. The molecule has 0 spiro atoms. The van der Waals surface area contributed by atoms with Crippen molar-refractivity contribution in [3.8, 4) is 0 Å². The van der Waals surface area contributed by atoms with E-state index in [1.165, 1.54) is 11.3 Å². The molecule has 1 aromatic heterocycles. The van der Waals surface area contributed by atoms with E-state index in [4.69, 9.17) is 0 Å². The molecule has 1 aliphatic rings. The smallest absolute Gasteiger partial charge is 0.240 e. The lowest BCUT2D eigenvalue weighted by atomic mass is 9.95. The van der Waals surface area contributed by atoms with Crippen LogP contribution in [0.1, 0.15) is 56.1 Å². The van der Waals surface area contributed by atoms with Gasteiger partial charge in [-0.1, -0.05) is 43.0 Å². The minimum absolute atomic E-state index is 0.00267. The van der Waals surface area contributed by atoms with Gasteiger partial charge in [-0.05, 0) is 50.5 Å². The third-order valence-corrected chi connectivity index (χ3v) is 5.71. The molecule has 0 saturated heterocycles. The van der Waals surface area contributed by atoms with Crippen molar-refractivity contribution in [3.05, 3.63) is 53.7 Å². The van der Waals surface area contributed by atoms with E-state index in [0.717, 1.165) is 36.8 Å². The second kappa shape index (κ2) is 11.4. The average molecular weight is 437 g/mol. The van der Waals surface area contributed by atoms with Crippen molar-refractivity contribution in [2.24, 2.45) is 0 Å². The molecule has 2 N–H and O–H groups in total. The van der Waals surface area contributed by atoms with Gasteiger partial charge in [0.05, 0.1) is 0 Å². The predicted molar refractivity (Wildman–Crippen MR) is 125 cm³/mol. The van der Waals surface area contributed by atoms with Crippen LogP contribution in [0.15, 0.2) is 42.6 Å². The highest BCUT2D eigenvalue weighted by Gasteiger charge is 2.23. The number of pyridine rings is 1. The van der Waals surface area contributed by atoms with Gasteiger partial charge >= 0.3 is 0 Å². The van der Waals surface area contributed by atoms with E-state index in [-0.39, 0.29) is 43.1 Å². The Kier molecular flexibility index (Phi) is 8.36. The van der Waals surface area contributed by atoms with Crippen molar-refractivity contribution < 1.29 is 14.4 Å². The fourth-order valence-corrected chi connectivity index (χ4v) is 4.08. The van der Waals surface area contributed by atoms with E-state index in [1.54, 1.807) is 24.4 Å². The van der Waals surface area contributed by atoms with Crippen molar-refractivity contribution in [3.63, 3.8) is 0 Å². The van der Waals surface area contributed by atoms with E-state index in [1.807, 2.05) is 32.0 Å². The van der Waals surface area contributed by atoms with Crippen LogP contribution in [0.25, 0.3) is 0 Å².